The van der Waals surface area contributed by atoms with Crippen molar-refractivity contribution in [3.8, 4) is 0 Å². The smallest absolute Gasteiger partial charge is 0.226 e. The molecule has 2 aromatic carbocycles. The molecule has 52 heavy (non-hydrogen) atoms. The van der Waals surface area contributed by atoms with Gasteiger partial charge in [0, 0.05) is 57.4 Å². The molecule has 0 aliphatic carbocycles. The van der Waals surface area contributed by atoms with Crippen LogP contribution in [-0.2, 0) is 32.0 Å². The van der Waals surface area contributed by atoms with E-state index >= 15 is 0 Å². The molecule has 1 aliphatic rings. The van der Waals surface area contributed by atoms with Gasteiger partial charge < -0.3 is 38.1 Å². The van der Waals surface area contributed by atoms with Gasteiger partial charge in [0.05, 0.1) is 12.1 Å². The van der Waals surface area contributed by atoms with Gasteiger partial charge in [0.2, 0.25) is 11.8 Å². The Morgan fingerprint density at radius 1 is 0.788 bits per heavy atom. The van der Waals surface area contributed by atoms with Crippen LogP contribution in [-0.4, -0.2) is 89.9 Å². The first-order valence-corrected chi connectivity index (χ1v) is 18.5. The molecule has 284 valence electrons. The average molecular weight is 718 g/mol. The molecule has 2 aromatic rings. The molecule has 13 heteroatoms. The number of amides is 2. The van der Waals surface area contributed by atoms with Crippen LogP contribution in [0.1, 0.15) is 69.9 Å². The second kappa shape index (κ2) is 21.6. The van der Waals surface area contributed by atoms with Gasteiger partial charge in [-0.25, -0.2) is 0 Å². The summed E-state index contributed by atoms with van der Waals surface area (Å²) in [6.45, 7) is 6.27. The van der Waals surface area contributed by atoms with Gasteiger partial charge in [-0.2, -0.15) is 0 Å². The monoisotopic (exact) mass is 717 g/mol. The Bertz CT molecular complexity index is 1480. The van der Waals surface area contributed by atoms with E-state index < -0.39 is 23.9 Å². The van der Waals surface area contributed by atoms with Crippen LogP contribution in [0.2, 0.25) is 0 Å². The number of hydrogen-bond donors (Lipinski definition) is 6. The van der Waals surface area contributed by atoms with E-state index in [1.165, 1.54) is 0 Å². The van der Waals surface area contributed by atoms with Gasteiger partial charge in [-0.1, -0.05) is 80.9 Å². The largest absolute Gasteiger partial charge is 0.370 e. The summed E-state index contributed by atoms with van der Waals surface area (Å²) in [5.74, 6) is -2.28. The zero-order chi connectivity index (χ0) is 38.0. The third-order valence-electron chi connectivity index (χ3n) is 9.47. The minimum absolute atomic E-state index is 0.000103. The van der Waals surface area contributed by atoms with Gasteiger partial charge in [-0.3, -0.25) is 29.6 Å². The van der Waals surface area contributed by atoms with E-state index in [2.05, 4.69) is 10.3 Å². The number of carbonyl (C=O) groups is 4. The summed E-state index contributed by atoms with van der Waals surface area (Å²) in [6.07, 6.45) is 3.30. The second-order valence-electron chi connectivity index (χ2n) is 14.3. The SMILES string of the molecule is CC(C)C[C@@H](NC(=O)[C@H](CC(=O)[C@H](N)Cc1ccccc1)Cc1ccccc1)C(=O)C[C@H](CCCCN=C(N)N)C(=O)N1CCCN(C(=N)N)CC1. The highest BCUT2D eigenvalue weighted by Crippen LogP contribution is 2.22. The third-order valence-corrected chi connectivity index (χ3v) is 9.47. The number of nitrogens with one attached hydrogen (secondary N) is 2. The Labute approximate surface area is 308 Å². The van der Waals surface area contributed by atoms with Gasteiger partial charge in [0.1, 0.15) is 0 Å². The van der Waals surface area contributed by atoms with E-state index in [1.54, 1.807) is 9.80 Å². The van der Waals surface area contributed by atoms with Crippen LogP contribution in [0.5, 0.6) is 0 Å². The van der Waals surface area contributed by atoms with Crippen molar-refractivity contribution in [2.24, 2.45) is 45.7 Å². The molecule has 0 spiro atoms. The van der Waals surface area contributed by atoms with Gasteiger partial charge in [0.25, 0.3) is 0 Å². The van der Waals surface area contributed by atoms with Crippen LogP contribution in [0, 0.1) is 23.2 Å². The van der Waals surface area contributed by atoms with Crippen molar-refractivity contribution < 1.29 is 19.2 Å². The first kappa shape index (κ1) is 41.6. The van der Waals surface area contributed by atoms with Crippen LogP contribution in [0.15, 0.2) is 65.7 Å². The van der Waals surface area contributed by atoms with E-state index in [1.807, 2.05) is 74.5 Å². The third kappa shape index (κ3) is 14.5. The van der Waals surface area contributed by atoms with E-state index in [0.29, 0.717) is 77.7 Å². The maximum Gasteiger partial charge on any atom is 0.226 e. The van der Waals surface area contributed by atoms with Gasteiger partial charge >= 0.3 is 0 Å². The summed E-state index contributed by atoms with van der Waals surface area (Å²) in [7, 11) is 0. The summed E-state index contributed by atoms with van der Waals surface area (Å²) in [4.78, 5) is 63.1. The van der Waals surface area contributed by atoms with Crippen molar-refractivity contribution in [1.29, 1.82) is 5.41 Å². The van der Waals surface area contributed by atoms with Crippen LogP contribution < -0.4 is 28.3 Å². The molecule has 0 saturated carbocycles. The Hall–Kier alpha value is -4.78. The molecular weight excluding hydrogens is 658 g/mol. The molecule has 0 unspecified atom stereocenters. The van der Waals surface area contributed by atoms with E-state index in [0.717, 1.165) is 11.1 Å². The number of nitrogens with two attached hydrogens (primary N) is 4. The van der Waals surface area contributed by atoms with E-state index in [4.69, 9.17) is 28.3 Å². The molecule has 1 saturated heterocycles. The van der Waals surface area contributed by atoms with Crippen molar-refractivity contribution >= 4 is 35.3 Å². The second-order valence-corrected chi connectivity index (χ2v) is 14.3. The predicted molar refractivity (Wildman–Crippen MR) is 205 cm³/mol. The van der Waals surface area contributed by atoms with Crippen LogP contribution in [0.25, 0.3) is 0 Å². The van der Waals surface area contributed by atoms with Gasteiger partial charge in [-0.05, 0) is 55.6 Å². The fourth-order valence-electron chi connectivity index (χ4n) is 6.61. The van der Waals surface area contributed by atoms with Crippen molar-refractivity contribution in [3.05, 3.63) is 71.8 Å². The number of rotatable bonds is 20. The number of aliphatic imine (C=N–C) groups is 1. The fraction of sp³-hybridized carbons (Fsp3) is 0.538. The molecule has 1 aliphatic heterocycles. The zero-order valence-electron chi connectivity index (χ0n) is 30.8. The maximum absolute atomic E-state index is 14.1. The Kier molecular flexibility index (Phi) is 17.3. The number of nitrogens with zero attached hydrogens (tertiary/aromatic N) is 3. The number of guanidine groups is 2. The van der Waals surface area contributed by atoms with Crippen LogP contribution in [0.3, 0.4) is 0 Å². The molecule has 0 radical (unpaired) electrons. The number of hydrogen-bond acceptors (Lipinski definition) is 7. The summed E-state index contributed by atoms with van der Waals surface area (Å²) in [5.41, 5.74) is 24.9. The topological polar surface area (TPSA) is 227 Å². The lowest BCUT2D eigenvalue weighted by atomic mass is 9.87. The normalized spacial score (nSPS) is 15.5. The minimum atomic E-state index is -0.840. The maximum atomic E-state index is 14.1. The van der Waals surface area contributed by atoms with Crippen molar-refractivity contribution in [2.75, 3.05) is 32.7 Å². The quantitative estimate of drug-likeness (QED) is 0.0670. The van der Waals surface area contributed by atoms with E-state index in [9.17, 15) is 19.2 Å². The lowest BCUT2D eigenvalue weighted by molar-refractivity contribution is -0.139. The number of ketones is 2. The Balaban J connectivity index is 1.79. The van der Waals surface area contributed by atoms with E-state index in [-0.39, 0.29) is 54.1 Å². The highest BCUT2D eigenvalue weighted by molar-refractivity contribution is 5.95. The highest BCUT2D eigenvalue weighted by Gasteiger charge is 2.33. The molecular formula is C39H59N9O4. The lowest BCUT2D eigenvalue weighted by Crippen LogP contribution is -2.47. The molecule has 0 bridgehead atoms. The summed E-state index contributed by atoms with van der Waals surface area (Å²) >= 11 is 0. The Morgan fingerprint density at radius 3 is 1.96 bits per heavy atom. The number of Topliss-reactive ketones (excluding diaryl/α,β-unsaturated/α-hetero) is 2. The molecule has 4 atom stereocenters. The number of benzene rings is 2. The first-order chi connectivity index (χ1) is 24.8. The van der Waals surface area contributed by atoms with Crippen molar-refractivity contribution in [1.82, 2.24) is 15.1 Å². The van der Waals surface area contributed by atoms with Crippen molar-refractivity contribution in [2.45, 2.75) is 83.7 Å². The molecule has 13 nitrogen and oxygen atoms in total. The molecule has 1 fully saturated rings. The number of unbranched alkanes of at least 4 members (excludes halogenated alkanes) is 1. The van der Waals surface area contributed by atoms with Gasteiger partial charge in [0.15, 0.2) is 23.5 Å². The summed E-state index contributed by atoms with van der Waals surface area (Å²) in [6, 6.07) is 17.4. The van der Waals surface area contributed by atoms with Crippen LogP contribution >= 0.6 is 0 Å². The standard InChI is InChI=1S/C39H59N9O4/c1-27(2)22-33(35(50)25-30(16-9-10-17-45-38(41)42)37(52)47-18-11-19-48(21-20-47)39(43)44)46-36(51)31(23-28-12-5-3-6-13-28)26-34(49)32(40)24-29-14-7-4-8-15-29/h3-8,12-15,27,30-33H,9-11,16-26,40H2,1-2H3,(H3,43,44)(H,46,51)(H4,41,42,45)/t30-,31-,32+,33+/m0/s1. The highest BCUT2D eigenvalue weighted by atomic mass is 16.2. The molecule has 2 amide bonds. The Morgan fingerprint density at radius 2 is 1.37 bits per heavy atom. The molecule has 3 rings (SSSR count). The molecule has 1 heterocycles. The minimum Gasteiger partial charge on any atom is -0.370 e. The van der Waals surface area contributed by atoms with Crippen LogP contribution in [0.4, 0.5) is 0 Å². The zero-order valence-corrected chi connectivity index (χ0v) is 30.8. The number of carbonyl (C=O) groups excluding carboxylic acids is 4. The fourth-order valence-corrected chi connectivity index (χ4v) is 6.61. The first-order valence-electron chi connectivity index (χ1n) is 18.5. The average Bonchev–Trinajstić information content (AvgIpc) is 3.37. The van der Waals surface area contributed by atoms with Crippen molar-refractivity contribution in [3.63, 3.8) is 0 Å². The lowest BCUT2D eigenvalue weighted by Gasteiger charge is -2.28. The summed E-state index contributed by atoms with van der Waals surface area (Å²) in [5, 5.41) is 10.8. The molecule has 0 aromatic heterocycles. The summed E-state index contributed by atoms with van der Waals surface area (Å²) < 4.78 is 0. The predicted octanol–water partition coefficient (Wildman–Crippen LogP) is 2.35. The van der Waals surface area contributed by atoms with Gasteiger partial charge in [-0.15, -0.1) is 0 Å². The molecule has 10 N–H and O–H groups in total.